The van der Waals surface area contributed by atoms with Gasteiger partial charge in [-0.1, -0.05) is 98.8 Å². The molecule has 0 spiro atoms. The van der Waals surface area contributed by atoms with E-state index in [1.165, 1.54) is 16.7 Å². The van der Waals surface area contributed by atoms with Crippen LogP contribution in [-0.2, 0) is 69.9 Å². The topological polar surface area (TPSA) is 116 Å². The normalized spacial score (nSPS) is 15.3. The Labute approximate surface area is 369 Å². The molecule has 0 aromatic heterocycles. The molecule has 322 valence electrons. The first-order valence-electron chi connectivity index (χ1n) is 18.3. The fourth-order valence-corrected chi connectivity index (χ4v) is 7.46. The maximum atomic E-state index is 10.5. The molecule has 0 heterocycles. The van der Waals surface area contributed by atoms with Gasteiger partial charge in [0, 0.05) is 48.9 Å². The van der Waals surface area contributed by atoms with Gasteiger partial charge in [-0.25, -0.2) is 0 Å². The molecule has 1 N–H and O–H groups in total. The molecule has 8 nitrogen and oxygen atoms in total. The molecule has 6 atom stereocenters. The zero-order valence-electron chi connectivity index (χ0n) is 37.6. The van der Waals surface area contributed by atoms with Gasteiger partial charge in [0.25, 0.3) is 0 Å². The SMILES string of the molecule is C.C/C=C(\C)[C@@H](O[Si](C)(C)C(C)(C)C)[C@H](C)[C@@H](O)CC=C(C)C.C/C=C\C[C@H](OCSC)[C@@H](C)[C@H](O[Si](C)(C)C(C)(C)C)/C(C)=C/C.O=C=O.O=C=O.[V].[V]. The second-order valence-electron chi connectivity index (χ2n) is 16.5. The van der Waals surface area contributed by atoms with Crippen molar-refractivity contribution in [1.29, 1.82) is 0 Å². The first kappa shape index (κ1) is 69.1. The third-order valence-corrected chi connectivity index (χ3v) is 19.5. The Morgan fingerprint density at radius 1 is 0.727 bits per heavy atom. The zero-order valence-corrected chi connectivity index (χ0v) is 43.2. The molecule has 0 aliphatic carbocycles. The maximum absolute atomic E-state index is 10.5. The molecular formula is C42H82O8SSi2V2. The average molecular weight is 905 g/mol. The summed E-state index contributed by atoms with van der Waals surface area (Å²) in [6.07, 6.45) is 14.8. The van der Waals surface area contributed by atoms with E-state index in [4.69, 9.17) is 32.8 Å². The van der Waals surface area contributed by atoms with Gasteiger partial charge in [-0.3, -0.25) is 0 Å². The van der Waals surface area contributed by atoms with Gasteiger partial charge in [-0.2, -0.15) is 19.2 Å². The van der Waals surface area contributed by atoms with Crippen LogP contribution >= 0.6 is 11.8 Å². The molecule has 2 radical (unpaired) electrons. The van der Waals surface area contributed by atoms with E-state index < -0.39 is 16.6 Å². The van der Waals surface area contributed by atoms with Gasteiger partial charge < -0.3 is 18.7 Å². The van der Waals surface area contributed by atoms with Gasteiger partial charge in [0.2, 0.25) is 0 Å². The van der Waals surface area contributed by atoms with Crippen molar-refractivity contribution in [1.82, 2.24) is 0 Å². The molecule has 0 unspecified atom stereocenters. The van der Waals surface area contributed by atoms with Gasteiger partial charge in [0.15, 0.2) is 16.6 Å². The molecule has 0 amide bonds. The summed E-state index contributed by atoms with van der Waals surface area (Å²) in [5, 5.41) is 10.9. The number of hydrogen-bond donors (Lipinski definition) is 1. The van der Waals surface area contributed by atoms with Crippen LogP contribution in [0.3, 0.4) is 0 Å². The minimum absolute atomic E-state index is 0. The van der Waals surface area contributed by atoms with Crippen molar-refractivity contribution in [2.24, 2.45) is 11.8 Å². The summed E-state index contributed by atoms with van der Waals surface area (Å²) < 4.78 is 19.6. The van der Waals surface area contributed by atoms with E-state index >= 15 is 0 Å². The van der Waals surface area contributed by atoms with Crippen LogP contribution in [0.5, 0.6) is 0 Å². The van der Waals surface area contributed by atoms with Crippen molar-refractivity contribution in [2.75, 3.05) is 12.2 Å². The Kier molecular flexibility index (Phi) is 44.6. The Morgan fingerprint density at radius 3 is 1.35 bits per heavy atom. The first-order valence-corrected chi connectivity index (χ1v) is 25.5. The van der Waals surface area contributed by atoms with Crippen LogP contribution in [0.15, 0.2) is 47.1 Å². The summed E-state index contributed by atoms with van der Waals surface area (Å²) in [7, 11) is -3.71. The average Bonchev–Trinajstić information content (AvgIpc) is 3.03. The van der Waals surface area contributed by atoms with E-state index in [-0.39, 0.29) is 97.3 Å². The Bertz CT molecular complexity index is 1150. The third-order valence-electron chi connectivity index (χ3n) is 10.2. The Balaban J connectivity index is -0.000000140. The number of ether oxygens (including phenoxy) is 1. The first-order chi connectivity index (χ1) is 23.7. The Morgan fingerprint density at radius 2 is 1.07 bits per heavy atom. The Hall–Kier alpha value is -0.487. The maximum Gasteiger partial charge on any atom is 0.373 e. The van der Waals surface area contributed by atoms with Crippen LogP contribution in [-0.4, -0.2) is 70.7 Å². The smallest absolute Gasteiger partial charge is 0.373 e. The number of thioether (sulfide) groups is 1. The molecule has 55 heavy (non-hydrogen) atoms. The van der Waals surface area contributed by atoms with E-state index in [9.17, 15) is 5.11 Å². The van der Waals surface area contributed by atoms with Gasteiger partial charge in [0.05, 0.1) is 30.4 Å². The number of rotatable bonds is 17. The third kappa shape index (κ3) is 30.3. The van der Waals surface area contributed by atoms with Gasteiger partial charge >= 0.3 is 12.3 Å². The summed E-state index contributed by atoms with van der Waals surface area (Å²) in [5.74, 6) is 1.13. The van der Waals surface area contributed by atoms with Gasteiger partial charge in [-0.15, -0.1) is 11.8 Å². The fourth-order valence-electron chi connectivity index (χ4n) is 4.37. The molecule has 0 aromatic rings. The minimum atomic E-state index is -1.87. The molecule has 0 fully saturated rings. The molecule has 0 saturated carbocycles. The van der Waals surface area contributed by atoms with Crippen LogP contribution in [0.1, 0.15) is 124 Å². The number of aliphatic hydroxyl groups excluding tert-OH is 1. The molecule has 13 heteroatoms. The van der Waals surface area contributed by atoms with Crippen molar-refractivity contribution in [2.45, 2.75) is 185 Å². The number of carbonyl (C=O) groups excluding carboxylic acids is 4. The molecule has 0 saturated heterocycles. The van der Waals surface area contributed by atoms with Crippen LogP contribution in [0.4, 0.5) is 0 Å². The van der Waals surface area contributed by atoms with Gasteiger partial charge in [0.1, 0.15) is 0 Å². The van der Waals surface area contributed by atoms with Crippen molar-refractivity contribution < 1.29 is 75.0 Å². The van der Waals surface area contributed by atoms with Crippen molar-refractivity contribution >= 4 is 40.7 Å². The summed E-state index contributed by atoms with van der Waals surface area (Å²) in [6, 6.07) is 0. The quantitative estimate of drug-likeness (QED) is 0.0865. The minimum Gasteiger partial charge on any atom is -0.410 e. The van der Waals surface area contributed by atoms with Crippen LogP contribution < -0.4 is 0 Å². The number of aliphatic hydroxyl groups is 1. The molecule has 0 aliphatic rings. The number of allylic oxidation sites excluding steroid dienone is 4. The summed E-state index contributed by atoms with van der Waals surface area (Å²) >= 11 is 1.73. The second-order valence-corrected chi connectivity index (χ2v) is 26.9. The van der Waals surface area contributed by atoms with Crippen molar-refractivity contribution in [3.8, 4) is 0 Å². The van der Waals surface area contributed by atoms with Crippen LogP contribution in [0.25, 0.3) is 0 Å². The van der Waals surface area contributed by atoms with E-state index in [1.54, 1.807) is 11.8 Å². The molecule has 0 rings (SSSR count). The van der Waals surface area contributed by atoms with Crippen LogP contribution in [0, 0.1) is 11.8 Å². The molecular weight excluding hydrogens is 823 g/mol. The standard InChI is InChI=1S/C20H40O2SSi.C19H38O2Si.2CO2.CH4.2V/c1-11-13-14-18(21-15-23-8)17(4)19(16(3)12-2)22-24(9,10)20(5,6)7;1-11-15(4)18(21-22(9,10)19(6,7)8)16(5)17(20)13-12-14(2)3;2*2-1-3;;;/h11-13,17-19H,14-15H2,1-10H3;11-12,16-18,20H,13H2,1-10H3;;;1H4;;/b13-11-,16-12+;15-11+;;;;;/t17-,18+,19-;16-,17+,18-;;;;;/m11...../s1. The van der Waals surface area contributed by atoms with E-state index in [2.05, 4.69) is 160 Å². The zero-order chi connectivity index (χ0) is 42.1. The van der Waals surface area contributed by atoms with E-state index in [1.807, 2.05) is 6.92 Å². The predicted octanol–water partition coefficient (Wildman–Crippen LogP) is 11.8. The predicted molar refractivity (Wildman–Crippen MR) is 231 cm³/mol. The largest absolute Gasteiger partial charge is 0.410 e. The summed E-state index contributed by atoms with van der Waals surface area (Å²) in [6.45, 7) is 41.9. The number of hydrogen-bond acceptors (Lipinski definition) is 9. The second kappa shape index (κ2) is 35.5. The monoisotopic (exact) mass is 904 g/mol. The molecule has 0 aromatic carbocycles. The summed E-state index contributed by atoms with van der Waals surface area (Å²) in [4.78, 5) is 32.5. The van der Waals surface area contributed by atoms with Crippen LogP contribution in [0.2, 0.25) is 36.3 Å². The van der Waals surface area contributed by atoms with Crippen molar-refractivity contribution in [3.05, 3.63) is 47.1 Å². The summed E-state index contributed by atoms with van der Waals surface area (Å²) in [5.41, 5.74) is 3.77. The van der Waals surface area contributed by atoms with E-state index in [0.29, 0.717) is 12.3 Å². The van der Waals surface area contributed by atoms with Crippen molar-refractivity contribution in [3.63, 3.8) is 0 Å². The molecule has 0 bridgehead atoms. The van der Waals surface area contributed by atoms with E-state index in [0.717, 1.165) is 12.4 Å². The fraction of sp³-hybridized carbons (Fsp3) is 0.762. The van der Waals surface area contributed by atoms with Gasteiger partial charge in [-0.05, 0) is 115 Å². The molecule has 0 aliphatic heterocycles.